The van der Waals surface area contributed by atoms with Crippen molar-refractivity contribution in [1.29, 1.82) is 0 Å². The van der Waals surface area contributed by atoms with Crippen LogP contribution in [-0.4, -0.2) is 44.9 Å². The van der Waals surface area contributed by atoms with E-state index in [1.807, 2.05) is 31.9 Å². The van der Waals surface area contributed by atoms with Crippen LogP contribution in [0.1, 0.15) is 106 Å². The molecule has 2 saturated carbocycles. The Balaban J connectivity index is 0.976. The van der Waals surface area contributed by atoms with E-state index in [-0.39, 0.29) is 12.1 Å². The zero-order valence-corrected chi connectivity index (χ0v) is 28.5. The number of hydrogen-bond donors (Lipinski definition) is 1. The van der Waals surface area contributed by atoms with Crippen LogP contribution in [0.4, 0.5) is 10.5 Å². The second-order valence-electron chi connectivity index (χ2n) is 15.9. The van der Waals surface area contributed by atoms with E-state index >= 15 is 0 Å². The monoisotopic (exact) mass is 638 g/mol. The predicted molar refractivity (Wildman–Crippen MR) is 192 cm³/mol. The summed E-state index contributed by atoms with van der Waals surface area (Å²) in [6, 6.07) is 20.7. The van der Waals surface area contributed by atoms with Crippen molar-refractivity contribution in [3.63, 3.8) is 0 Å². The minimum atomic E-state index is -0.503. The van der Waals surface area contributed by atoms with Crippen LogP contribution in [0.3, 0.4) is 0 Å². The van der Waals surface area contributed by atoms with Crippen molar-refractivity contribution in [1.82, 2.24) is 14.9 Å². The Hall–Kier alpha value is -4.19. The van der Waals surface area contributed by atoms with Crippen molar-refractivity contribution in [3.05, 3.63) is 83.3 Å². The Labute approximate surface area is 284 Å². The van der Waals surface area contributed by atoms with E-state index in [1.165, 1.54) is 78.3 Å². The number of benzene rings is 3. The lowest BCUT2D eigenvalue weighted by atomic mass is 9.73. The lowest BCUT2D eigenvalue weighted by Crippen LogP contribution is -2.43. The molecular formula is C42H46N4O2. The average Bonchev–Trinajstić information content (AvgIpc) is 3.89. The average molecular weight is 639 g/mol. The van der Waals surface area contributed by atoms with Gasteiger partial charge in [0.15, 0.2) is 0 Å². The van der Waals surface area contributed by atoms with E-state index < -0.39 is 5.60 Å². The summed E-state index contributed by atoms with van der Waals surface area (Å²) in [5.74, 6) is 3.19. The molecule has 1 N–H and O–H groups in total. The molecule has 6 nitrogen and oxygen atoms in total. The van der Waals surface area contributed by atoms with Gasteiger partial charge in [0.05, 0.1) is 23.6 Å². The number of likely N-dealkylation sites (tertiary alicyclic amines) is 1. The van der Waals surface area contributed by atoms with Gasteiger partial charge in [-0.3, -0.25) is 9.89 Å². The molecule has 3 aliphatic carbocycles. The number of amides is 1. The predicted octanol–water partition coefficient (Wildman–Crippen LogP) is 10.1. The summed E-state index contributed by atoms with van der Waals surface area (Å²) >= 11 is 0. The van der Waals surface area contributed by atoms with E-state index in [2.05, 4.69) is 59.6 Å². The summed E-state index contributed by atoms with van der Waals surface area (Å²) in [4.78, 5) is 28.4. The molecule has 0 bridgehead atoms. The Morgan fingerprint density at radius 2 is 1.65 bits per heavy atom. The Morgan fingerprint density at radius 1 is 0.875 bits per heavy atom. The van der Waals surface area contributed by atoms with Crippen LogP contribution in [0.15, 0.2) is 65.8 Å². The lowest BCUT2D eigenvalue weighted by molar-refractivity contribution is 0.0265. The number of aromatic amines is 1. The van der Waals surface area contributed by atoms with Crippen LogP contribution in [0.2, 0.25) is 0 Å². The molecule has 9 rings (SSSR count). The highest BCUT2D eigenvalue weighted by Crippen LogP contribution is 2.56. The quantitative estimate of drug-likeness (QED) is 0.236. The number of H-pyrrole nitrogens is 1. The fourth-order valence-electron chi connectivity index (χ4n) is 9.24. The topological polar surface area (TPSA) is 70.6 Å². The number of rotatable bonds is 5. The van der Waals surface area contributed by atoms with Gasteiger partial charge in [0.25, 0.3) is 0 Å². The highest BCUT2D eigenvalue weighted by molar-refractivity contribution is 6.00. The molecule has 2 aliphatic heterocycles. The maximum atomic E-state index is 13.0. The molecule has 6 heteroatoms. The number of fused-ring (bicyclic) bond motifs is 4. The van der Waals surface area contributed by atoms with Crippen molar-refractivity contribution in [2.24, 2.45) is 10.9 Å². The van der Waals surface area contributed by atoms with E-state index in [0.29, 0.717) is 11.8 Å². The van der Waals surface area contributed by atoms with Crippen LogP contribution < -0.4 is 0 Å². The van der Waals surface area contributed by atoms with Crippen LogP contribution in [-0.2, 0) is 17.6 Å². The minimum absolute atomic E-state index is 0.0175. The highest BCUT2D eigenvalue weighted by atomic mass is 16.6. The number of imidazole rings is 1. The zero-order chi connectivity index (χ0) is 32.6. The molecule has 1 amide bonds. The van der Waals surface area contributed by atoms with Crippen molar-refractivity contribution >= 4 is 17.5 Å². The summed E-state index contributed by atoms with van der Waals surface area (Å²) in [5.41, 5.74) is 13.7. The number of hydrogen-bond acceptors (Lipinski definition) is 4. The molecule has 0 spiro atoms. The fourth-order valence-corrected chi connectivity index (χ4v) is 9.24. The third kappa shape index (κ3) is 5.19. The minimum Gasteiger partial charge on any atom is -0.444 e. The number of aliphatic imine (C=N–C) groups is 1. The van der Waals surface area contributed by atoms with Crippen LogP contribution in [0.25, 0.3) is 33.5 Å². The molecular weight excluding hydrogens is 592 g/mol. The van der Waals surface area contributed by atoms with Gasteiger partial charge in [-0.15, -0.1) is 0 Å². The maximum absolute atomic E-state index is 13.0. The van der Waals surface area contributed by atoms with Gasteiger partial charge in [0.2, 0.25) is 0 Å². The van der Waals surface area contributed by atoms with Crippen molar-refractivity contribution in [2.45, 2.75) is 108 Å². The van der Waals surface area contributed by atoms with Crippen LogP contribution in [0.5, 0.6) is 0 Å². The van der Waals surface area contributed by atoms with Crippen LogP contribution >= 0.6 is 0 Å². The van der Waals surface area contributed by atoms with Gasteiger partial charge in [-0.1, -0.05) is 55.3 Å². The summed E-state index contributed by atoms with van der Waals surface area (Å²) in [7, 11) is 0. The Kier molecular flexibility index (Phi) is 7.14. The molecule has 3 atom stereocenters. The first-order valence-electron chi connectivity index (χ1n) is 18.3. The molecule has 3 heterocycles. The normalized spacial score (nSPS) is 23.1. The SMILES string of the molecule is CC(C)(C)OC(=O)N1CCCC1C1=Nc2ccc(-c3ccc(-c4ccc(-c5cnc(C6CCCC6)[nH]5)cc4)c4c3CC3CCC43)cc2C1. The van der Waals surface area contributed by atoms with Gasteiger partial charge < -0.3 is 9.72 Å². The number of nitrogens with one attached hydrogen (secondary N) is 1. The van der Waals surface area contributed by atoms with Crippen molar-refractivity contribution in [3.8, 4) is 33.5 Å². The van der Waals surface area contributed by atoms with Gasteiger partial charge in [-0.05, 0) is 134 Å². The van der Waals surface area contributed by atoms with E-state index in [4.69, 9.17) is 14.7 Å². The van der Waals surface area contributed by atoms with Gasteiger partial charge in [0, 0.05) is 24.6 Å². The Morgan fingerprint density at radius 3 is 2.42 bits per heavy atom. The number of ether oxygens (including phenoxy) is 1. The summed E-state index contributed by atoms with van der Waals surface area (Å²) in [5, 5.41) is 0. The molecule has 3 fully saturated rings. The van der Waals surface area contributed by atoms with E-state index in [0.717, 1.165) is 54.6 Å². The van der Waals surface area contributed by atoms with Crippen LogP contribution in [0, 0.1) is 5.92 Å². The molecule has 3 aromatic carbocycles. The molecule has 246 valence electrons. The van der Waals surface area contributed by atoms with E-state index in [1.54, 1.807) is 11.1 Å². The van der Waals surface area contributed by atoms with Crippen molar-refractivity contribution < 1.29 is 9.53 Å². The fraction of sp³-hybridized carbons (Fsp3) is 0.452. The third-order valence-corrected chi connectivity index (χ3v) is 11.7. The number of carbonyl (C=O) groups is 1. The first-order valence-corrected chi connectivity index (χ1v) is 18.3. The summed E-state index contributed by atoms with van der Waals surface area (Å²) in [6.07, 6.45) is 13.5. The molecule has 0 radical (unpaired) electrons. The molecule has 48 heavy (non-hydrogen) atoms. The number of aromatic nitrogens is 2. The Bertz CT molecular complexity index is 1920. The van der Waals surface area contributed by atoms with E-state index in [9.17, 15) is 4.79 Å². The smallest absolute Gasteiger partial charge is 0.410 e. The molecule has 4 aromatic rings. The standard InChI is InChI=1S/C42H46N4O2/c1-42(2,3)48-41(47)46-20-6-9-38(46)36-23-30-21-28(15-19-35(30)44-36)31-17-18-32(39-33-16-14-29(33)22-34(31)39)25-10-12-26(13-11-25)37-24-43-40(45-37)27-7-4-5-8-27/h10-13,15,17-19,21,24,27,29,33,38H,4-9,14,16,20,22-23H2,1-3H3,(H,43,45). The second-order valence-corrected chi connectivity index (χ2v) is 15.9. The lowest BCUT2D eigenvalue weighted by Gasteiger charge is -2.31. The van der Waals surface area contributed by atoms with Gasteiger partial charge in [-0.25, -0.2) is 9.78 Å². The molecule has 1 aromatic heterocycles. The van der Waals surface area contributed by atoms with Gasteiger partial charge in [0.1, 0.15) is 11.4 Å². The highest BCUT2D eigenvalue weighted by Gasteiger charge is 2.42. The zero-order valence-electron chi connectivity index (χ0n) is 28.5. The molecule has 5 aliphatic rings. The first-order chi connectivity index (χ1) is 23.3. The number of carbonyl (C=O) groups excluding carboxylic acids is 1. The summed E-state index contributed by atoms with van der Waals surface area (Å²) in [6.45, 7) is 6.52. The maximum Gasteiger partial charge on any atom is 0.410 e. The largest absolute Gasteiger partial charge is 0.444 e. The molecule has 1 saturated heterocycles. The first kappa shape index (κ1) is 29.9. The van der Waals surface area contributed by atoms with Gasteiger partial charge in [-0.2, -0.15) is 0 Å². The molecule has 3 unspecified atom stereocenters. The van der Waals surface area contributed by atoms with Crippen molar-refractivity contribution in [2.75, 3.05) is 6.54 Å². The second kappa shape index (κ2) is 11.5. The summed E-state index contributed by atoms with van der Waals surface area (Å²) < 4.78 is 5.74. The third-order valence-electron chi connectivity index (χ3n) is 11.7. The van der Waals surface area contributed by atoms with Gasteiger partial charge >= 0.3 is 6.09 Å². The number of nitrogens with zero attached hydrogens (tertiary/aromatic N) is 3.